The summed E-state index contributed by atoms with van der Waals surface area (Å²) in [5, 5.41) is 14.0. The van der Waals surface area contributed by atoms with Gasteiger partial charge in [-0.3, -0.25) is 9.36 Å². The highest BCUT2D eigenvalue weighted by atomic mass is 31.2. The average molecular weight is 1010 g/mol. The van der Waals surface area contributed by atoms with E-state index in [0.29, 0.717) is 23.9 Å². The third-order valence-corrected chi connectivity index (χ3v) is 14.8. The Morgan fingerprint density at radius 3 is 1.20 bits per heavy atom. The summed E-state index contributed by atoms with van der Waals surface area (Å²) >= 11 is 0. The standard InChI is InChI=1S/C61H119N2O6P/c1-6-8-10-12-14-16-18-20-22-23-24-25-26-27-28-29-30-31-32-33-34-35-36-37-38-39-41-43-45-47-49-51-53-55-61(65)62-59(58-69-70(66,67)68-57-56-63(3,4)5)60(64)54-52-50-48-46-44-42-40-21-19-17-15-13-11-9-7-2/h18,20,23-24,26-27,59-60,64H,6-17,19,21-22,25,28-58H2,1-5H3,(H-,62,65,66,67)/b20-18-,24-23-,27-26-. The molecule has 0 bridgehead atoms. The first-order valence-electron chi connectivity index (χ1n) is 30.3. The first-order chi connectivity index (χ1) is 34.0. The highest BCUT2D eigenvalue weighted by Gasteiger charge is 2.24. The molecule has 0 radical (unpaired) electrons. The lowest BCUT2D eigenvalue weighted by molar-refractivity contribution is -0.870. The summed E-state index contributed by atoms with van der Waals surface area (Å²) in [6.07, 6.45) is 67.6. The van der Waals surface area contributed by atoms with Crippen LogP contribution in [0.25, 0.3) is 0 Å². The number of carbonyl (C=O) groups is 1. The lowest BCUT2D eigenvalue weighted by Crippen LogP contribution is -2.46. The second-order valence-corrected chi connectivity index (χ2v) is 23.5. The average Bonchev–Trinajstić information content (AvgIpc) is 3.32. The topological polar surface area (TPSA) is 108 Å². The Morgan fingerprint density at radius 1 is 0.500 bits per heavy atom. The van der Waals surface area contributed by atoms with Crippen LogP contribution in [0.2, 0.25) is 0 Å². The fourth-order valence-electron chi connectivity index (χ4n) is 9.11. The maximum absolute atomic E-state index is 13.0. The minimum atomic E-state index is -4.57. The van der Waals surface area contributed by atoms with Gasteiger partial charge < -0.3 is 28.8 Å². The normalized spacial score (nSPS) is 14.1. The van der Waals surface area contributed by atoms with Gasteiger partial charge in [0.2, 0.25) is 5.91 Å². The van der Waals surface area contributed by atoms with Gasteiger partial charge in [0, 0.05) is 6.42 Å². The van der Waals surface area contributed by atoms with E-state index in [1.54, 1.807) is 0 Å². The van der Waals surface area contributed by atoms with Crippen LogP contribution in [0, 0.1) is 0 Å². The second-order valence-electron chi connectivity index (χ2n) is 22.1. The van der Waals surface area contributed by atoms with Gasteiger partial charge in [-0.15, -0.1) is 0 Å². The Labute approximate surface area is 436 Å². The number of likely N-dealkylation sites (N-methyl/N-ethyl adjacent to an activating group) is 1. The molecule has 2 N–H and O–H groups in total. The van der Waals surface area contributed by atoms with Crippen molar-refractivity contribution >= 4 is 13.7 Å². The molecule has 1 amide bonds. The van der Waals surface area contributed by atoms with Crippen LogP contribution in [0.5, 0.6) is 0 Å². The SMILES string of the molecule is CCCCCCC/C=C\C/C=C\C/C=C\CCCCCCCCCCCCCCCCCCCCC(=O)NC(COP(=O)([O-])OCC[N+](C)(C)C)C(O)CCCCCCCCCCCCCCCCC. The minimum Gasteiger partial charge on any atom is -0.756 e. The molecule has 3 atom stereocenters. The van der Waals surface area contributed by atoms with E-state index in [0.717, 1.165) is 51.4 Å². The molecule has 0 saturated carbocycles. The van der Waals surface area contributed by atoms with Crippen LogP contribution in [-0.2, 0) is 18.4 Å². The molecule has 0 heterocycles. The molecule has 0 aliphatic rings. The van der Waals surface area contributed by atoms with Crippen LogP contribution in [0.1, 0.15) is 296 Å². The van der Waals surface area contributed by atoms with E-state index in [1.165, 1.54) is 218 Å². The van der Waals surface area contributed by atoms with Crippen molar-refractivity contribution in [3.8, 4) is 0 Å². The van der Waals surface area contributed by atoms with Gasteiger partial charge >= 0.3 is 0 Å². The Hall–Kier alpha value is -1.28. The predicted molar refractivity (Wildman–Crippen MR) is 302 cm³/mol. The van der Waals surface area contributed by atoms with Crippen LogP contribution in [0.3, 0.4) is 0 Å². The van der Waals surface area contributed by atoms with Crippen LogP contribution < -0.4 is 10.2 Å². The van der Waals surface area contributed by atoms with E-state index < -0.39 is 20.0 Å². The van der Waals surface area contributed by atoms with Crippen LogP contribution in [0.15, 0.2) is 36.5 Å². The van der Waals surface area contributed by atoms with Gasteiger partial charge in [-0.1, -0.05) is 275 Å². The molecule has 3 unspecified atom stereocenters. The highest BCUT2D eigenvalue weighted by molar-refractivity contribution is 7.45. The molecule has 0 spiro atoms. The van der Waals surface area contributed by atoms with Crippen molar-refractivity contribution < 1.29 is 32.9 Å². The van der Waals surface area contributed by atoms with Gasteiger partial charge in [0.05, 0.1) is 39.9 Å². The maximum atomic E-state index is 13.0. The number of carbonyl (C=O) groups excluding carboxylic acids is 1. The molecule has 0 aromatic heterocycles. The third kappa shape index (κ3) is 54.5. The Morgan fingerprint density at radius 2 is 0.829 bits per heavy atom. The number of quaternary nitrogens is 1. The number of phosphoric acid groups is 1. The second kappa shape index (κ2) is 52.6. The summed E-state index contributed by atoms with van der Waals surface area (Å²) in [6, 6.07) is -0.799. The summed E-state index contributed by atoms with van der Waals surface area (Å²) in [7, 11) is 1.32. The predicted octanol–water partition coefficient (Wildman–Crippen LogP) is 17.9. The number of rotatable bonds is 56. The number of hydrogen-bond acceptors (Lipinski definition) is 6. The summed E-state index contributed by atoms with van der Waals surface area (Å²) in [5.41, 5.74) is 0. The van der Waals surface area contributed by atoms with E-state index in [1.807, 2.05) is 21.1 Å². The molecule has 414 valence electrons. The van der Waals surface area contributed by atoms with E-state index in [9.17, 15) is 19.4 Å². The largest absolute Gasteiger partial charge is 0.756 e. The first-order valence-corrected chi connectivity index (χ1v) is 31.8. The lowest BCUT2D eigenvalue weighted by atomic mass is 10.0. The minimum absolute atomic E-state index is 0.0137. The number of aliphatic hydroxyl groups excluding tert-OH is 1. The molecule has 8 nitrogen and oxygen atoms in total. The number of allylic oxidation sites excluding steroid dienone is 6. The van der Waals surface area contributed by atoms with Crippen molar-refractivity contribution in [3.05, 3.63) is 36.5 Å². The molecule has 70 heavy (non-hydrogen) atoms. The molecule has 0 rings (SSSR count). The molecular weight excluding hydrogens is 888 g/mol. The Balaban J connectivity index is 4.00. The van der Waals surface area contributed by atoms with E-state index in [4.69, 9.17) is 9.05 Å². The summed E-state index contributed by atoms with van der Waals surface area (Å²) in [4.78, 5) is 25.5. The number of aliphatic hydroxyl groups is 1. The smallest absolute Gasteiger partial charge is 0.268 e. The molecule has 0 aliphatic carbocycles. The van der Waals surface area contributed by atoms with Gasteiger partial charge in [0.1, 0.15) is 13.2 Å². The molecule has 0 aromatic carbocycles. The summed E-state index contributed by atoms with van der Waals surface area (Å²) < 4.78 is 23.4. The van der Waals surface area contributed by atoms with Crippen molar-refractivity contribution in [2.24, 2.45) is 0 Å². The van der Waals surface area contributed by atoms with Gasteiger partial charge in [0.25, 0.3) is 7.82 Å². The zero-order valence-corrected chi connectivity index (χ0v) is 48.1. The summed E-state index contributed by atoms with van der Waals surface area (Å²) in [6.45, 7) is 4.74. The number of nitrogens with zero attached hydrogens (tertiary/aromatic N) is 1. The van der Waals surface area contributed by atoms with Gasteiger partial charge in [-0.05, 0) is 51.4 Å². The van der Waals surface area contributed by atoms with E-state index in [-0.39, 0.29) is 19.1 Å². The molecule has 0 fully saturated rings. The zero-order valence-electron chi connectivity index (χ0n) is 47.2. The molecule has 9 heteroatoms. The number of amides is 1. The first kappa shape index (κ1) is 68.7. The number of phosphoric ester groups is 1. The molecule has 0 aromatic rings. The number of nitrogens with one attached hydrogen (secondary N) is 1. The van der Waals surface area contributed by atoms with Crippen LogP contribution in [-0.4, -0.2) is 68.5 Å². The van der Waals surface area contributed by atoms with Gasteiger partial charge in [-0.2, -0.15) is 0 Å². The molecular formula is C61H119N2O6P. The fourth-order valence-corrected chi connectivity index (χ4v) is 9.83. The summed E-state index contributed by atoms with van der Waals surface area (Å²) in [5.74, 6) is -0.161. The third-order valence-electron chi connectivity index (χ3n) is 13.9. The van der Waals surface area contributed by atoms with Crippen LogP contribution >= 0.6 is 7.82 Å². The lowest BCUT2D eigenvalue weighted by Gasteiger charge is -2.30. The Kier molecular flexibility index (Phi) is 51.6. The Bertz CT molecular complexity index is 1230. The number of hydrogen-bond donors (Lipinski definition) is 2. The van der Waals surface area contributed by atoms with Crippen LogP contribution in [0.4, 0.5) is 0 Å². The highest BCUT2D eigenvalue weighted by Crippen LogP contribution is 2.38. The van der Waals surface area contributed by atoms with Crippen molar-refractivity contribution in [1.29, 1.82) is 0 Å². The number of unbranched alkanes of at least 4 members (excludes halogenated alkanes) is 37. The van der Waals surface area contributed by atoms with Crippen molar-refractivity contribution in [2.45, 2.75) is 309 Å². The van der Waals surface area contributed by atoms with E-state index in [2.05, 4.69) is 55.6 Å². The fraction of sp³-hybridized carbons (Fsp3) is 0.885. The van der Waals surface area contributed by atoms with Crippen molar-refractivity contribution in [3.63, 3.8) is 0 Å². The molecule has 0 aliphatic heterocycles. The van der Waals surface area contributed by atoms with E-state index >= 15 is 0 Å². The zero-order chi connectivity index (χ0) is 51.3. The van der Waals surface area contributed by atoms with Crippen molar-refractivity contribution in [1.82, 2.24) is 5.32 Å². The van der Waals surface area contributed by atoms with Gasteiger partial charge in [0.15, 0.2) is 0 Å². The molecule has 0 saturated heterocycles. The van der Waals surface area contributed by atoms with Gasteiger partial charge in [-0.25, -0.2) is 0 Å². The maximum Gasteiger partial charge on any atom is 0.268 e. The quantitative estimate of drug-likeness (QED) is 0.0272. The monoisotopic (exact) mass is 1010 g/mol. The van der Waals surface area contributed by atoms with Crippen molar-refractivity contribution in [2.75, 3.05) is 40.9 Å².